The maximum absolute atomic E-state index is 6.00. The van der Waals surface area contributed by atoms with Gasteiger partial charge in [0.2, 0.25) is 5.95 Å². The molecule has 2 aromatic rings. The Morgan fingerprint density at radius 2 is 2.11 bits per heavy atom. The second-order valence-corrected chi connectivity index (χ2v) is 4.75. The molecule has 0 aliphatic rings. The van der Waals surface area contributed by atoms with E-state index in [1.165, 1.54) is 0 Å². The van der Waals surface area contributed by atoms with Crippen LogP contribution in [0.3, 0.4) is 0 Å². The molecule has 0 amide bonds. The minimum absolute atomic E-state index is 0. The molecule has 2 rings (SSSR count). The number of nitrogens with zero attached hydrogens (tertiary/aromatic N) is 3. The minimum atomic E-state index is 0. The van der Waals surface area contributed by atoms with E-state index in [-0.39, 0.29) is 17.9 Å². The van der Waals surface area contributed by atoms with Gasteiger partial charge in [-0.25, -0.2) is 9.97 Å². The Morgan fingerprint density at radius 1 is 1.42 bits per heavy atom. The van der Waals surface area contributed by atoms with Gasteiger partial charge in [0.15, 0.2) is 0 Å². The molecule has 0 spiro atoms. The molecule has 0 unspecified atom stereocenters. The fraction of sp³-hybridized carbons (Fsp3) is 0.500. The predicted molar refractivity (Wildman–Crippen MR) is 81.7 cm³/mol. The maximum atomic E-state index is 6.00. The van der Waals surface area contributed by atoms with Crippen molar-refractivity contribution in [2.75, 3.05) is 11.9 Å². The second-order valence-electron chi connectivity index (χ2n) is 4.36. The molecule has 2 heterocycles. The number of aromatic nitrogens is 3. The lowest BCUT2D eigenvalue weighted by molar-refractivity contribution is 0.764. The van der Waals surface area contributed by atoms with Crippen LogP contribution in [0.15, 0.2) is 12.3 Å². The third-order valence-electron chi connectivity index (χ3n) is 2.56. The summed E-state index contributed by atoms with van der Waals surface area (Å²) < 4.78 is 2.03. The van der Waals surface area contributed by atoms with Crippen LogP contribution in [0.2, 0.25) is 5.15 Å². The monoisotopic (exact) mass is 306 g/mol. The molecule has 7 heteroatoms. The summed E-state index contributed by atoms with van der Waals surface area (Å²) in [5.74, 6) is 2.13. The van der Waals surface area contributed by atoms with E-state index < -0.39 is 0 Å². The molecule has 0 atom stereocenters. The molecule has 0 saturated heterocycles. The van der Waals surface area contributed by atoms with Gasteiger partial charge in [-0.3, -0.25) is 4.40 Å². The minimum Gasteiger partial charge on any atom is -0.412 e. The smallest absolute Gasteiger partial charge is 0.210 e. The third kappa shape index (κ3) is 3.72. The highest BCUT2D eigenvalue weighted by molar-refractivity contribution is 6.29. The zero-order valence-corrected chi connectivity index (χ0v) is 12.8. The molecule has 0 bridgehead atoms. The van der Waals surface area contributed by atoms with Gasteiger partial charge in [-0.05, 0) is 6.42 Å². The number of hydrogen-bond donors (Lipinski definition) is 1. The summed E-state index contributed by atoms with van der Waals surface area (Å²) in [6.07, 6.45) is 2.88. The summed E-state index contributed by atoms with van der Waals surface area (Å²) in [6.45, 7) is 7.23. The van der Waals surface area contributed by atoms with Crippen LogP contribution in [0.5, 0.6) is 0 Å². The molecule has 2 aromatic heterocycles. The summed E-state index contributed by atoms with van der Waals surface area (Å²) in [4.78, 5) is 8.76. The third-order valence-corrected chi connectivity index (χ3v) is 2.75. The molecule has 0 aromatic carbocycles. The number of imidazole rings is 1. The average molecular weight is 307 g/mol. The quantitative estimate of drug-likeness (QED) is 0.883. The van der Waals surface area contributed by atoms with E-state index in [9.17, 15) is 0 Å². The lowest BCUT2D eigenvalue weighted by Crippen LogP contribution is -2.10. The van der Waals surface area contributed by atoms with Gasteiger partial charge >= 0.3 is 0 Å². The largest absolute Gasteiger partial charge is 0.412 e. The Hall–Kier alpha value is -1.04. The number of anilines is 1. The first kappa shape index (κ1) is 18.0. The fourth-order valence-corrected chi connectivity index (χ4v) is 1.97. The van der Waals surface area contributed by atoms with Crippen LogP contribution in [0.4, 0.5) is 5.95 Å². The van der Waals surface area contributed by atoms with Crippen molar-refractivity contribution in [1.82, 2.24) is 14.4 Å². The standard InChI is InChI=1S/C12H17ClN4.ClH.H2O/c1-4-5-14-12-16-10(13)6-9-7-15-11(8(2)3)17(9)12;;/h6-8H,4-5H2,1-3H3,(H,14,16);1H;1H2. The van der Waals surface area contributed by atoms with Crippen LogP contribution >= 0.6 is 24.0 Å². The number of halogens is 2. The Labute approximate surface area is 124 Å². The van der Waals surface area contributed by atoms with Crippen molar-refractivity contribution in [2.24, 2.45) is 0 Å². The SMILES string of the molecule is CCCNc1nc(Cl)cc2cnc(C(C)C)n12.Cl.O. The Balaban J connectivity index is 0.00000162. The van der Waals surface area contributed by atoms with E-state index >= 15 is 0 Å². The van der Waals surface area contributed by atoms with Gasteiger partial charge in [0.05, 0.1) is 11.7 Å². The highest BCUT2D eigenvalue weighted by Gasteiger charge is 2.12. The average Bonchev–Trinajstić information content (AvgIpc) is 2.69. The normalized spacial score (nSPS) is 10.2. The van der Waals surface area contributed by atoms with E-state index in [2.05, 4.69) is 36.1 Å². The van der Waals surface area contributed by atoms with E-state index in [1.54, 1.807) is 0 Å². The van der Waals surface area contributed by atoms with E-state index in [0.29, 0.717) is 11.1 Å². The topological polar surface area (TPSA) is 73.7 Å². The highest BCUT2D eigenvalue weighted by Crippen LogP contribution is 2.22. The molecule has 5 nitrogen and oxygen atoms in total. The molecule has 0 saturated carbocycles. The Morgan fingerprint density at radius 3 is 2.68 bits per heavy atom. The van der Waals surface area contributed by atoms with Crippen molar-refractivity contribution in [3.63, 3.8) is 0 Å². The van der Waals surface area contributed by atoms with E-state index in [4.69, 9.17) is 11.6 Å². The number of hydrogen-bond acceptors (Lipinski definition) is 3. The Bertz CT molecular complexity index is 528. The van der Waals surface area contributed by atoms with E-state index in [0.717, 1.165) is 30.3 Å². The molecule has 0 aliphatic carbocycles. The van der Waals surface area contributed by atoms with Crippen LogP contribution in [0.25, 0.3) is 5.52 Å². The van der Waals surface area contributed by atoms with Crippen molar-refractivity contribution in [1.29, 1.82) is 0 Å². The number of rotatable bonds is 4. The predicted octanol–water partition coefficient (Wildman–Crippen LogP) is 2.93. The molecule has 0 aliphatic heterocycles. The van der Waals surface area contributed by atoms with Gasteiger partial charge in [0.25, 0.3) is 0 Å². The first-order valence-electron chi connectivity index (χ1n) is 5.91. The van der Waals surface area contributed by atoms with Gasteiger partial charge in [-0.15, -0.1) is 12.4 Å². The summed E-state index contributed by atoms with van der Waals surface area (Å²) in [5.41, 5.74) is 0.979. The van der Waals surface area contributed by atoms with Gasteiger partial charge in [0.1, 0.15) is 11.0 Å². The molecular formula is C12H20Cl2N4O. The summed E-state index contributed by atoms with van der Waals surface area (Å²) in [6, 6.07) is 1.83. The molecule has 108 valence electrons. The fourth-order valence-electron chi connectivity index (χ4n) is 1.78. The first-order valence-corrected chi connectivity index (χ1v) is 6.29. The molecule has 3 N–H and O–H groups in total. The van der Waals surface area contributed by atoms with Crippen molar-refractivity contribution in [3.05, 3.63) is 23.2 Å². The summed E-state index contributed by atoms with van der Waals surface area (Å²) >= 11 is 6.00. The molecular weight excluding hydrogens is 287 g/mol. The van der Waals surface area contributed by atoms with E-state index in [1.807, 2.05) is 16.7 Å². The number of nitrogens with one attached hydrogen (secondary N) is 1. The van der Waals surface area contributed by atoms with Crippen LogP contribution in [0, 0.1) is 0 Å². The van der Waals surface area contributed by atoms with Gasteiger partial charge < -0.3 is 10.8 Å². The van der Waals surface area contributed by atoms with Crippen molar-refractivity contribution >= 4 is 35.5 Å². The summed E-state index contributed by atoms with van der Waals surface area (Å²) in [7, 11) is 0. The zero-order chi connectivity index (χ0) is 12.4. The van der Waals surface area contributed by atoms with Gasteiger partial charge in [0, 0.05) is 18.5 Å². The maximum Gasteiger partial charge on any atom is 0.210 e. The van der Waals surface area contributed by atoms with Crippen LogP contribution in [-0.4, -0.2) is 26.4 Å². The molecule has 19 heavy (non-hydrogen) atoms. The lowest BCUT2D eigenvalue weighted by atomic mass is 10.2. The number of fused-ring (bicyclic) bond motifs is 1. The molecule has 0 fully saturated rings. The van der Waals surface area contributed by atoms with Crippen LogP contribution < -0.4 is 5.32 Å². The summed E-state index contributed by atoms with van der Waals surface area (Å²) in [5, 5.41) is 3.78. The van der Waals surface area contributed by atoms with Crippen LogP contribution in [0.1, 0.15) is 38.9 Å². The molecule has 0 radical (unpaired) electrons. The van der Waals surface area contributed by atoms with Crippen molar-refractivity contribution in [2.45, 2.75) is 33.1 Å². The van der Waals surface area contributed by atoms with Gasteiger partial charge in [-0.1, -0.05) is 32.4 Å². The first-order chi connectivity index (χ1) is 8.13. The van der Waals surface area contributed by atoms with Gasteiger partial charge in [-0.2, -0.15) is 0 Å². The van der Waals surface area contributed by atoms with Crippen molar-refractivity contribution in [3.8, 4) is 0 Å². The lowest BCUT2D eigenvalue weighted by Gasteiger charge is -2.11. The van der Waals surface area contributed by atoms with Crippen molar-refractivity contribution < 1.29 is 5.48 Å². The second kappa shape index (κ2) is 7.53. The Kier molecular flexibility index (Phi) is 7.11. The highest BCUT2D eigenvalue weighted by atomic mass is 35.5. The van der Waals surface area contributed by atoms with Crippen LogP contribution in [-0.2, 0) is 0 Å². The zero-order valence-electron chi connectivity index (χ0n) is 11.3.